The molecule has 3 N–H and O–H groups in total. The van der Waals surface area contributed by atoms with Gasteiger partial charge < -0.3 is 5.43 Å². The maximum atomic E-state index is 3.60. The average molecular weight is 190 g/mol. The average Bonchev–Trinajstić information content (AvgIpc) is 2.92. The second-order valence-corrected chi connectivity index (χ2v) is 3.26. The van der Waals surface area contributed by atoms with Crippen LogP contribution in [0.5, 0.6) is 0 Å². The van der Waals surface area contributed by atoms with Gasteiger partial charge in [0, 0.05) is 30.6 Å². The lowest BCUT2D eigenvalue weighted by Crippen LogP contribution is -2.20. The number of nitrogens with one attached hydrogen (secondary N) is 3. The van der Waals surface area contributed by atoms with Gasteiger partial charge in [0.25, 0.3) is 0 Å². The Labute approximate surface area is 83.1 Å². The summed E-state index contributed by atoms with van der Waals surface area (Å²) in [5.74, 6) is 0.718. The molecule has 1 aliphatic heterocycles. The smallest absolute Gasteiger partial charge is 0.0487 e. The van der Waals surface area contributed by atoms with Crippen molar-refractivity contribution in [3.05, 3.63) is 42.4 Å². The number of hydrogen-bond donors (Lipinski definition) is 3. The van der Waals surface area contributed by atoms with Gasteiger partial charge in [-0.2, -0.15) is 5.10 Å². The van der Waals surface area contributed by atoms with Crippen LogP contribution in [-0.2, 0) is 0 Å². The van der Waals surface area contributed by atoms with Crippen LogP contribution in [-0.4, -0.2) is 16.7 Å². The van der Waals surface area contributed by atoms with E-state index in [1.54, 1.807) is 12.4 Å². The van der Waals surface area contributed by atoms with Gasteiger partial charge in [-0.05, 0) is 18.6 Å². The van der Waals surface area contributed by atoms with E-state index in [0.29, 0.717) is 0 Å². The van der Waals surface area contributed by atoms with Crippen LogP contribution in [0.4, 0.5) is 0 Å². The van der Waals surface area contributed by atoms with Crippen LogP contribution in [0.15, 0.2) is 42.4 Å². The molecule has 4 nitrogen and oxygen atoms in total. The fourth-order valence-electron chi connectivity index (χ4n) is 1.51. The Morgan fingerprint density at radius 2 is 2.43 bits per heavy atom. The van der Waals surface area contributed by atoms with Gasteiger partial charge in [0.15, 0.2) is 0 Å². The van der Waals surface area contributed by atoms with E-state index in [-0.39, 0.29) is 0 Å². The van der Waals surface area contributed by atoms with Crippen LogP contribution in [0.3, 0.4) is 0 Å². The van der Waals surface area contributed by atoms with Crippen LogP contribution in [0.25, 0.3) is 0 Å². The van der Waals surface area contributed by atoms with Crippen molar-refractivity contribution in [3.8, 4) is 0 Å². The molecule has 2 aliphatic rings. The molecule has 0 aromatic carbocycles. The highest BCUT2D eigenvalue weighted by molar-refractivity contribution is 5.21. The molecule has 4 heteroatoms. The number of H-pyrrole nitrogens is 1. The number of aromatic amines is 1. The van der Waals surface area contributed by atoms with Crippen LogP contribution in [0.1, 0.15) is 6.42 Å². The molecular weight excluding hydrogens is 176 g/mol. The zero-order valence-corrected chi connectivity index (χ0v) is 7.90. The minimum atomic E-state index is 0.718. The second-order valence-electron chi connectivity index (χ2n) is 3.26. The first kappa shape index (κ1) is 9.02. The highest BCUT2D eigenvalue weighted by Gasteiger charge is 2.19. The maximum absolute atomic E-state index is 3.60. The molecule has 1 saturated heterocycles. The number of hydrogen-bond acceptors (Lipinski definition) is 3. The summed E-state index contributed by atoms with van der Waals surface area (Å²) in [5, 5.41) is 6.21. The highest BCUT2D eigenvalue weighted by Crippen LogP contribution is 2.19. The molecule has 1 aromatic rings. The van der Waals surface area contributed by atoms with E-state index in [9.17, 15) is 0 Å². The third-order valence-electron chi connectivity index (χ3n) is 2.26. The number of nitrogens with zero attached hydrogens (tertiary/aromatic N) is 1. The molecule has 1 fully saturated rings. The first-order valence-electron chi connectivity index (χ1n) is 4.76. The van der Waals surface area contributed by atoms with Gasteiger partial charge >= 0.3 is 0 Å². The summed E-state index contributed by atoms with van der Waals surface area (Å²) in [4.78, 5) is 0. The Hall–Kier alpha value is -1.55. The van der Waals surface area contributed by atoms with Gasteiger partial charge in [0.1, 0.15) is 0 Å². The van der Waals surface area contributed by atoms with Crippen molar-refractivity contribution in [2.45, 2.75) is 6.42 Å². The predicted octanol–water partition coefficient (Wildman–Crippen LogP) is 0.964. The number of rotatable bonds is 0. The molecule has 0 radical (unpaired) electrons. The molecule has 0 amide bonds. The normalized spacial score (nSPS) is 22.9. The molecule has 3 rings (SSSR count). The number of hydrazine groups is 1. The molecule has 0 bridgehead atoms. The topological polar surface area (TPSA) is 52.7 Å². The summed E-state index contributed by atoms with van der Waals surface area (Å²) in [6.07, 6.45) is 11.1. The van der Waals surface area contributed by atoms with Crippen molar-refractivity contribution in [1.29, 1.82) is 0 Å². The summed E-state index contributed by atoms with van der Waals surface area (Å²) >= 11 is 0. The Bertz CT molecular complexity index is 296. The fourth-order valence-corrected chi connectivity index (χ4v) is 1.51. The monoisotopic (exact) mass is 190 g/mol. The minimum Gasteiger partial charge on any atom is -0.325 e. The SMILES string of the molecule is C1=CCC2CNNC2=C1.c1cn[nH]c1. The molecule has 14 heavy (non-hydrogen) atoms. The van der Waals surface area contributed by atoms with Crippen molar-refractivity contribution >= 4 is 0 Å². The summed E-state index contributed by atoms with van der Waals surface area (Å²) in [6.45, 7) is 1.08. The van der Waals surface area contributed by atoms with Gasteiger partial charge in [-0.3, -0.25) is 5.10 Å². The van der Waals surface area contributed by atoms with Crippen LogP contribution >= 0.6 is 0 Å². The first-order valence-corrected chi connectivity index (χ1v) is 4.76. The molecule has 1 aliphatic carbocycles. The minimum absolute atomic E-state index is 0.718. The Morgan fingerprint density at radius 1 is 1.43 bits per heavy atom. The predicted molar refractivity (Wildman–Crippen MR) is 55.1 cm³/mol. The molecule has 1 unspecified atom stereocenters. The quantitative estimate of drug-likeness (QED) is 0.571. The van der Waals surface area contributed by atoms with Crippen LogP contribution in [0, 0.1) is 5.92 Å². The third kappa shape index (κ3) is 2.23. The molecule has 74 valence electrons. The van der Waals surface area contributed by atoms with Gasteiger partial charge in [0.05, 0.1) is 0 Å². The van der Waals surface area contributed by atoms with Crippen molar-refractivity contribution in [3.63, 3.8) is 0 Å². The summed E-state index contributed by atoms with van der Waals surface area (Å²) in [6, 6.07) is 1.83. The zero-order chi connectivity index (χ0) is 9.64. The lowest BCUT2D eigenvalue weighted by atomic mass is 9.99. The van der Waals surface area contributed by atoms with E-state index < -0.39 is 0 Å². The largest absolute Gasteiger partial charge is 0.325 e. The molecule has 0 spiro atoms. The highest BCUT2D eigenvalue weighted by atomic mass is 15.4. The Balaban J connectivity index is 0.000000128. The van der Waals surface area contributed by atoms with E-state index in [4.69, 9.17) is 0 Å². The van der Waals surface area contributed by atoms with E-state index in [2.05, 4.69) is 39.3 Å². The summed E-state index contributed by atoms with van der Waals surface area (Å²) < 4.78 is 0. The molecule has 0 saturated carbocycles. The zero-order valence-electron chi connectivity index (χ0n) is 7.90. The number of fused-ring (bicyclic) bond motifs is 1. The van der Waals surface area contributed by atoms with E-state index in [1.807, 2.05) is 6.07 Å². The van der Waals surface area contributed by atoms with Crippen molar-refractivity contribution in [2.24, 2.45) is 5.92 Å². The Morgan fingerprint density at radius 3 is 3.07 bits per heavy atom. The Kier molecular flexibility index (Phi) is 2.98. The molecule has 2 heterocycles. The summed E-state index contributed by atoms with van der Waals surface area (Å²) in [5.41, 5.74) is 7.57. The van der Waals surface area contributed by atoms with Gasteiger partial charge in [-0.15, -0.1) is 0 Å². The standard InChI is InChI=1S/C7H10N2.C3H4N2/c1-2-4-7-6(3-1)5-8-9-7;1-2-4-5-3-1/h1-2,4,6,8-9H,3,5H2;1-3H,(H,4,5). The van der Waals surface area contributed by atoms with Crippen molar-refractivity contribution < 1.29 is 0 Å². The maximum Gasteiger partial charge on any atom is 0.0487 e. The fraction of sp³-hybridized carbons (Fsp3) is 0.300. The number of allylic oxidation sites excluding steroid dienone is 3. The van der Waals surface area contributed by atoms with Crippen molar-refractivity contribution in [2.75, 3.05) is 6.54 Å². The lowest BCUT2D eigenvalue weighted by molar-refractivity contribution is 0.651. The van der Waals surface area contributed by atoms with Crippen molar-refractivity contribution in [1.82, 2.24) is 21.0 Å². The second kappa shape index (κ2) is 4.62. The number of aromatic nitrogens is 2. The summed E-state index contributed by atoms with van der Waals surface area (Å²) in [7, 11) is 0. The van der Waals surface area contributed by atoms with E-state index in [0.717, 1.165) is 12.5 Å². The molecular formula is C10H14N4. The first-order chi connectivity index (χ1) is 6.97. The van der Waals surface area contributed by atoms with Crippen LogP contribution < -0.4 is 10.9 Å². The van der Waals surface area contributed by atoms with Crippen LogP contribution in [0.2, 0.25) is 0 Å². The van der Waals surface area contributed by atoms with Gasteiger partial charge in [-0.25, -0.2) is 5.43 Å². The van der Waals surface area contributed by atoms with Gasteiger partial charge in [-0.1, -0.05) is 12.2 Å². The van der Waals surface area contributed by atoms with E-state index >= 15 is 0 Å². The molecule has 1 aromatic heterocycles. The molecule has 1 atom stereocenters. The van der Waals surface area contributed by atoms with Gasteiger partial charge in [0.2, 0.25) is 0 Å². The van der Waals surface area contributed by atoms with E-state index in [1.165, 1.54) is 12.1 Å². The third-order valence-corrected chi connectivity index (χ3v) is 2.26. The lowest BCUT2D eigenvalue weighted by Gasteiger charge is -2.08.